The van der Waals surface area contributed by atoms with Crippen LogP contribution in [0.2, 0.25) is 0 Å². The third kappa shape index (κ3) is 4.19. The van der Waals surface area contributed by atoms with Crippen LogP contribution in [0.25, 0.3) is 0 Å². The predicted octanol–water partition coefficient (Wildman–Crippen LogP) is 2.38. The van der Waals surface area contributed by atoms with Gasteiger partial charge in [0.1, 0.15) is 4.99 Å². The zero-order valence-corrected chi connectivity index (χ0v) is 12.9. The number of halogens is 3. The van der Waals surface area contributed by atoms with Crippen molar-refractivity contribution in [1.82, 2.24) is 4.90 Å². The standard InChI is InChI=1S/C14H15F3N4OS/c15-14(16,17)9-5-1-2-6-10(9)19-20-11(12(18)23)13(22)21-7-3-4-8-21/h1-2,5-6,19H,3-4,7-8H2,(H2,18,23)/b20-11-. The predicted molar refractivity (Wildman–Crippen MR) is 85.1 cm³/mol. The van der Waals surface area contributed by atoms with Crippen LogP contribution in [-0.4, -0.2) is 34.6 Å². The Morgan fingerprint density at radius 3 is 2.43 bits per heavy atom. The molecule has 0 aliphatic carbocycles. The molecule has 1 aromatic carbocycles. The third-order valence-corrected chi connectivity index (χ3v) is 3.54. The zero-order chi connectivity index (χ0) is 17.0. The molecule has 0 unspecified atom stereocenters. The monoisotopic (exact) mass is 344 g/mol. The largest absolute Gasteiger partial charge is 0.418 e. The van der Waals surface area contributed by atoms with Crippen molar-refractivity contribution < 1.29 is 18.0 Å². The van der Waals surface area contributed by atoms with E-state index in [1.54, 1.807) is 0 Å². The van der Waals surface area contributed by atoms with Crippen molar-refractivity contribution >= 4 is 34.5 Å². The van der Waals surface area contributed by atoms with Gasteiger partial charge in [0.05, 0.1) is 11.3 Å². The summed E-state index contributed by atoms with van der Waals surface area (Å²) in [7, 11) is 0. The Kier molecular flexibility index (Phi) is 5.19. The molecule has 5 nitrogen and oxygen atoms in total. The lowest BCUT2D eigenvalue weighted by molar-refractivity contribution is -0.137. The summed E-state index contributed by atoms with van der Waals surface area (Å²) >= 11 is 4.79. The molecule has 3 N–H and O–H groups in total. The lowest BCUT2D eigenvalue weighted by Crippen LogP contribution is -2.40. The maximum atomic E-state index is 12.9. The normalized spacial score (nSPS) is 15.6. The van der Waals surface area contributed by atoms with Crippen molar-refractivity contribution in [3.63, 3.8) is 0 Å². The molecule has 1 aliphatic rings. The Hall–Kier alpha value is -2.16. The van der Waals surface area contributed by atoms with E-state index in [2.05, 4.69) is 10.5 Å². The Balaban J connectivity index is 2.25. The summed E-state index contributed by atoms with van der Waals surface area (Å²) in [5.74, 6) is -0.480. The van der Waals surface area contributed by atoms with Crippen molar-refractivity contribution in [2.45, 2.75) is 19.0 Å². The maximum Gasteiger partial charge on any atom is 0.418 e. The number of carbonyl (C=O) groups excluding carboxylic acids is 1. The molecule has 1 aliphatic heterocycles. The highest BCUT2D eigenvalue weighted by Crippen LogP contribution is 2.34. The lowest BCUT2D eigenvalue weighted by atomic mass is 10.2. The first kappa shape index (κ1) is 17.2. The third-order valence-electron chi connectivity index (χ3n) is 3.35. The van der Waals surface area contributed by atoms with Gasteiger partial charge in [-0.15, -0.1) is 0 Å². The molecule has 0 atom stereocenters. The zero-order valence-electron chi connectivity index (χ0n) is 12.1. The number of likely N-dealkylation sites (tertiary alicyclic amines) is 1. The Bertz CT molecular complexity index is 639. The first-order valence-electron chi connectivity index (χ1n) is 6.89. The molecule has 2 rings (SSSR count). The number of nitrogens with one attached hydrogen (secondary N) is 1. The summed E-state index contributed by atoms with van der Waals surface area (Å²) in [5, 5.41) is 3.72. The molecule has 0 radical (unpaired) electrons. The average Bonchev–Trinajstić information content (AvgIpc) is 3.00. The highest BCUT2D eigenvalue weighted by atomic mass is 32.1. The highest BCUT2D eigenvalue weighted by molar-refractivity contribution is 7.82. The van der Waals surface area contributed by atoms with Gasteiger partial charge >= 0.3 is 6.18 Å². The van der Waals surface area contributed by atoms with Crippen LogP contribution in [0.15, 0.2) is 29.4 Å². The molecule has 0 aromatic heterocycles. The van der Waals surface area contributed by atoms with Gasteiger partial charge in [0.15, 0.2) is 5.71 Å². The van der Waals surface area contributed by atoms with Gasteiger partial charge in [0.25, 0.3) is 5.91 Å². The molecule has 0 spiro atoms. The fraction of sp³-hybridized carbons (Fsp3) is 0.357. The number of anilines is 1. The number of hydrogen-bond acceptors (Lipinski definition) is 4. The fourth-order valence-electron chi connectivity index (χ4n) is 2.22. The number of benzene rings is 1. The summed E-state index contributed by atoms with van der Waals surface area (Å²) in [5.41, 5.74) is 6.33. The molecule has 23 heavy (non-hydrogen) atoms. The second kappa shape index (κ2) is 6.95. The van der Waals surface area contributed by atoms with Gasteiger partial charge in [0, 0.05) is 13.1 Å². The van der Waals surface area contributed by atoms with Gasteiger partial charge in [0.2, 0.25) is 0 Å². The van der Waals surface area contributed by atoms with Crippen LogP contribution in [0.1, 0.15) is 18.4 Å². The number of para-hydroxylation sites is 1. The lowest BCUT2D eigenvalue weighted by Gasteiger charge is -2.16. The summed E-state index contributed by atoms with van der Waals surface area (Å²) in [6.07, 6.45) is -2.82. The minimum absolute atomic E-state index is 0.251. The first-order valence-corrected chi connectivity index (χ1v) is 7.30. The Morgan fingerprint density at radius 1 is 1.26 bits per heavy atom. The molecule has 1 amide bonds. The van der Waals surface area contributed by atoms with Gasteiger partial charge in [-0.2, -0.15) is 18.3 Å². The van der Waals surface area contributed by atoms with Crippen LogP contribution in [0, 0.1) is 0 Å². The van der Waals surface area contributed by atoms with E-state index in [4.69, 9.17) is 18.0 Å². The van der Waals surface area contributed by atoms with Crippen LogP contribution in [-0.2, 0) is 11.0 Å². The number of nitrogens with two attached hydrogens (primary N) is 1. The van der Waals surface area contributed by atoms with E-state index in [0.717, 1.165) is 18.9 Å². The fourth-order valence-corrected chi connectivity index (χ4v) is 2.36. The molecular weight excluding hydrogens is 329 g/mol. The minimum Gasteiger partial charge on any atom is -0.388 e. The number of carbonyl (C=O) groups is 1. The summed E-state index contributed by atoms with van der Waals surface area (Å²) in [6.45, 7) is 1.11. The maximum absolute atomic E-state index is 12.9. The van der Waals surface area contributed by atoms with Crippen LogP contribution in [0.4, 0.5) is 18.9 Å². The van der Waals surface area contributed by atoms with Gasteiger partial charge < -0.3 is 10.6 Å². The topological polar surface area (TPSA) is 70.7 Å². The van der Waals surface area contributed by atoms with Gasteiger partial charge in [-0.05, 0) is 25.0 Å². The van der Waals surface area contributed by atoms with Crippen molar-refractivity contribution in [3.05, 3.63) is 29.8 Å². The molecule has 1 saturated heterocycles. The molecular formula is C14H15F3N4OS. The van der Waals surface area contributed by atoms with Gasteiger partial charge in [-0.25, -0.2) is 0 Å². The smallest absolute Gasteiger partial charge is 0.388 e. The van der Waals surface area contributed by atoms with Crippen LogP contribution >= 0.6 is 12.2 Å². The SMILES string of the molecule is NC(=S)/C(=N/Nc1ccccc1C(F)(F)F)C(=O)N1CCCC1. The number of amides is 1. The number of hydrogen-bond donors (Lipinski definition) is 2. The van der Waals surface area contributed by atoms with Crippen molar-refractivity contribution in [1.29, 1.82) is 0 Å². The summed E-state index contributed by atoms with van der Waals surface area (Å²) < 4.78 is 38.8. The van der Waals surface area contributed by atoms with Crippen LogP contribution in [0.3, 0.4) is 0 Å². The van der Waals surface area contributed by atoms with Gasteiger partial charge in [-0.3, -0.25) is 10.2 Å². The molecule has 9 heteroatoms. The summed E-state index contributed by atoms with van der Waals surface area (Å²) in [6, 6.07) is 4.82. The number of thiocarbonyl (C=S) groups is 1. The first-order chi connectivity index (χ1) is 10.8. The quantitative estimate of drug-likeness (QED) is 0.500. The van der Waals surface area contributed by atoms with E-state index in [1.807, 2.05) is 0 Å². The second-order valence-electron chi connectivity index (χ2n) is 4.98. The van der Waals surface area contributed by atoms with E-state index >= 15 is 0 Å². The van der Waals surface area contributed by atoms with E-state index in [1.165, 1.54) is 23.1 Å². The highest BCUT2D eigenvalue weighted by Gasteiger charge is 2.33. The molecule has 0 saturated carbocycles. The molecule has 1 heterocycles. The molecule has 0 bridgehead atoms. The molecule has 124 valence electrons. The average molecular weight is 344 g/mol. The van der Waals surface area contributed by atoms with E-state index in [-0.39, 0.29) is 16.4 Å². The van der Waals surface area contributed by atoms with Crippen molar-refractivity contribution in [2.24, 2.45) is 10.8 Å². The van der Waals surface area contributed by atoms with E-state index in [9.17, 15) is 18.0 Å². The number of alkyl halides is 3. The van der Waals surface area contributed by atoms with E-state index in [0.29, 0.717) is 13.1 Å². The van der Waals surface area contributed by atoms with Crippen molar-refractivity contribution in [3.8, 4) is 0 Å². The Labute approximate surface area is 136 Å². The Morgan fingerprint density at radius 2 is 1.87 bits per heavy atom. The molecule has 1 aromatic rings. The minimum atomic E-state index is -4.54. The second-order valence-corrected chi connectivity index (χ2v) is 5.42. The molecule has 1 fully saturated rings. The van der Waals surface area contributed by atoms with Crippen molar-refractivity contribution in [2.75, 3.05) is 18.5 Å². The van der Waals surface area contributed by atoms with Crippen LogP contribution < -0.4 is 11.2 Å². The van der Waals surface area contributed by atoms with Gasteiger partial charge in [-0.1, -0.05) is 24.4 Å². The number of nitrogens with zero attached hydrogens (tertiary/aromatic N) is 2. The van der Waals surface area contributed by atoms with E-state index < -0.39 is 17.6 Å². The number of rotatable bonds is 4. The number of hydrazone groups is 1. The van der Waals surface area contributed by atoms with Crippen LogP contribution in [0.5, 0.6) is 0 Å². The summed E-state index contributed by atoms with van der Waals surface area (Å²) in [4.78, 5) is 13.5.